The molecule has 0 radical (unpaired) electrons. The zero-order valence-electron chi connectivity index (χ0n) is 10.4. The van der Waals surface area contributed by atoms with E-state index in [-0.39, 0.29) is 6.04 Å². The van der Waals surface area contributed by atoms with E-state index in [2.05, 4.69) is 27.4 Å². The Morgan fingerprint density at radius 3 is 2.78 bits per heavy atom. The topological polar surface area (TPSA) is 63.8 Å². The van der Waals surface area contributed by atoms with E-state index in [4.69, 9.17) is 16.0 Å². The van der Waals surface area contributed by atoms with Gasteiger partial charge in [-0.25, -0.2) is 4.98 Å². The molecule has 2 aromatic heterocycles. The van der Waals surface area contributed by atoms with Crippen molar-refractivity contribution < 1.29 is 4.42 Å². The molecule has 96 valence electrons. The minimum absolute atomic E-state index is 0.0866. The molecule has 2 aromatic rings. The fourth-order valence-corrected chi connectivity index (χ4v) is 1.75. The van der Waals surface area contributed by atoms with Crippen molar-refractivity contribution in [3.8, 4) is 11.6 Å². The molecular formula is C12H15ClN4O. The van der Waals surface area contributed by atoms with Gasteiger partial charge in [-0.1, -0.05) is 25.4 Å². The van der Waals surface area contributed by atoms with E-state index in [1.54, 1.807) is 18.3 Å². The number of hydrogen-bond acceptors (Lipinski definition) is 5. The van der Waals surface area contributed by atoms with Gasteiger partial charge in [0, 0.05) is 6.20 Å². The normalized spacial score (nSPS) is 12.6. The summed E-state index contributed by atoms with van der Waals surface area (Å²) in [6.45, 7) is 4.97. The van der Waals surface area contributed by atoms with Crippen molar-refractivity contribution >= 4 is 11.6 Å². The molecule has 0 aromatic carbocycles. The van der Waals surface area contributed by atoms with Crippen molar-refractivity contribution in [3.05, 3.63) is 29.2 Å². The molecule has 1 atom stereocenters. The van der Waals surface area contributed by atoms with Crippen molar-refractivity contribution in [1.29, 1.82) is 0 Å². The second kappa shape index (κ2) is 5.93. The van der Waals surface area contributed by atoms with Crippen LogP contribution in [-0.2, 0) is 0 Å². The molecule has 0 spiro atoms. The van der Waals surface area contributed by atoms with Crippen LogP contribution in [0.3, 0.4) is 0 Å². The number of halogens is 1. The molecule has 2 heterocycles. The molecule has 0 saturated carbocycles. The van der Waals surface area contributed by atoms with E-state index in [0.717, 1.165) is 13.0 Å². The van der Waals surface area contributed by atoms with Crippen LogP contribution in [0.2, 0.25) is 5.02 Å². The third-order valence-electron chi connectivity index (χ3n) is 2.54. The summed E-state index contributed by atoms with van der Waals surface area (Å²) in [4.78, 5) is 4.14. The first-order valence-electron chi connectivity index (χ1n) is 5.93. The summed E-state index contributed by atoms with van der Waals surface area (Å²) in [6, 6.07) is 3.59. The van der Waals surface area contributed by atoms with Crippen LogP contribution in [-0.4, -0.2) is 21.7 Å². The highest BCUT2D eigenvalue weighted by Gasteiger charge is 2.16. The van der Waals surface area contributed by atoms with Gasteiger partial charge in [-0.2, -0.15) is 0 Å². The van der Waals surface area contributed by atoms with Crippen LogP contribution in [0, 0.1) is 0 Å². The van der Waals surface area contributed by atoms with Gasteiger partial charge < -0.3 is 9.73 Å². The summed E-state index contributed by atoms with van der Waals surface area (Å²) in [7, 11) is 0. The minimum Gasteiger partial charge on any atom is -0.418 e. The molecule has 0 bridgehead atoms. The molecule has 1 unspecified atom stereocenters. The van der Waals surface area contributed by atoms with Gasteiger partial charge >= 0.3 is 0 Å². The average Bonchev–Trinajstić information content (AvgIpc) is 2.86. The van der Waals surface area contributed by atoms with Crippen molar-refractivity contribution in [3.63, 3.8) is 0 Å². The third-order valence-corrected chi connectivity index (χ3v) is 2.77. The van der Waals surface area contributed by atoms with Gasteiger partial charge in [0.25, 0.3) is 5.89 Å². The highest BCUT2D eigenvalue weighted by Crippen LogP contribution is 2.21. The number of aromatic nitrogens is 3. The predicted molar refractivity (Wildman–Crippen MR) is 69.2 cm³/mol. The monoisotopic (exact) mass is 266 g/mol. The Bertz CT molecular complexity index is 497. The van der Waals surface area contributed by atoms with Gasteiger partial charge in [-0.05, 0) is 25.1 Å². The van der Waals surface area contributed by atoms with Gasteiger partial charge in [0.1, 0.15) is 5.69 Å². The summed E-state index contributed by atoms with van der Waals surface area (Å²) < 4.78 is 5.62. The number of hydrogen-bond donors (Lipinski definition) is 1. The summed E-state index contributed by atoms with van der Waals surface area (Å²) in [6.07, 6.45) is 2.45. The molecule has 18 heavy (non-hydrogen) atoms. The van der Waals surface area contributed by atoms with E-state index in [1.165, 1.54) is 0 Å². The molecule has 0 fully saturated rings. The Balaban J connectivity index is 2.21. The number of pyridine rings is 1. The Morgan fingerprint density at radius 2 is 2.17 bits per heavy atom. The van der Waals surface area contributed by atoms with Crippen molar-refractivity contribution in [2.75, 3.05) is 6.54 Å². The maximum absolute atomic E-state index is 5.78. The quantitative estimate of drug-likeness (QED) is 0.902. The SMILES string of the molecule is CCNC(CC)c1nnc(-c2ccc(Cl)cn2)o1. The maximum atomic E-state index is 5.78. The average molecular weight is 267 g/mol. The molecule has 0 amide bonds. The van der Waals surface area contributed by atoms with Gasteiger partial charge in [0.05, 0.1) is 11.1 Å². The maximum Gasteiger partial charge on any atom is 0.266 e. The van der Waals surface area contributed by atoms with Gasteiger partial charge in [-0.15, -0.1) is 10.2 Å². The van der Waals surface area contributed by atoms with Crippen LogP contribution >= 0.6 is 11.6 Å². The lowest BCUT2D eigenvalue weighted by Gasteiger charge is -2.09. The number of nitrogens with one attached hydrogen (secondary N) is 1. The standard InChI is InChI=1S/C12H15ClN4O/c1-3-9(14-4-2)11-16-17-12(18-11)10-6-5-8(13)7-15-10/h5-7,9,14H,3-4H2,1-2H3. The first-order chi connectivity index (χ1) is 8.74. The van der Waals surface area contributed by atoms with Gasteiger partial charge in [0.2, 0.25) is 5.89 Å². The lowest BCUT2D eigenvalue weighted by Crippen LogP contribution is -2.20. The Labute approximate surface area is 111 Å². The fourth-order valence-electron chi connectivity index (χ4n) is 1.63. The van der Waals surface area contributed by atoms with E-state index >= 15 is 0 Å². The predicted octanol–water partition coefficient (Wildman–Crippen LogP) is 2.85. The van der Waals surface area contributed by atoms with Crippen LogP contribution in [0.25, 0.3) is 11.6 Å². The molecule has 2 rings (SSSR count). The van der Waals surface area contributed by atoms with Crippen molar-refractivity contribution in [2.24, 2.45) is 0 Å². The zero-order valence-corrected chi connectivity index (χ0v) is 11.1. The summed E-state index contributed by atoms with van der Waals surface area (Å²) in [5.41, 5.74) is 0.629. The summed E-state index contributed by atoms with van der Waals surface area (Å²) >= 11 is 5.78. The molecule has 5 nitrogen and oxygen atoms in total. The minimum atomic E-state index is 0.0866. The first kappa shape index (κ1) is 13.0. The van der Waals surface area contributed by atoms with E-state index in [9.17, 15) is 0 Å². The Morgan fingerprint density at radius 1 is 1.33 bits per heavy atom. The lowest BCUT2D eigenvalue weighted by molar-refractivity contribution is 0.401. The van der Waals surface area contributed by atoms with Crippen LogP contribution in [0.1, 0.15) is 32.2 Å². The first-order valence-corrected chi connectivity index (χ1v) is 6.31. The Hall–Kier alpha value is -1.46. The largest absolute Gasteiger partial charge is 0.418 e. The van der Waals surface area contributed by atoms with Gasteiger partial charge in [0.15, 0.2) is 0 Å². The van der Waals surface area contributed by atoms with E-state index < -0.39 is 0 Å². The molecule has 0 aliphatic heterocycles. The highest BCUT2D eigenvalue weighted by molar-refractivity contribution is 6.30. The van der Waals surface area contributed by atoms with Crippen LogP contribution in [0.4, 0.5) is 0 Å². The van der Waals surface area contributed by atoms with Gasteiger partial charge in [-0.3, -0.25) is 0 Å². The molecule has 0 aliphatic rings. The van der Waals surface area contributed by atoms with Crippen LogP contribution in [0.5, 0.6) is 0 Å². The molecule has 6 heteroatoms. The van der Waals surface area contributed by atoms with Crippen LogP contribution < -0.4 is 5.32 Å². The van der Waals surface area contributed by atoms with E-state index in [1.807, 2.05) is 6.92 Å². The second-order valence-electron chi connectivity index (χ2n) is 3.83. The van der Waals surface area contributed by atoms with E-state index in [0.29, 0.717) is 22.5 Å². The molecule has 1 N–H and O–H groups in total. The lowest BCUT2D eigenvalue weighted by atomic mass is 10.2. The smallest absolute Gasteiger partial charge is 0.266 e. The Kier molecular flexibility index (Phi) is 4.28. The molecule has 0 saturated heterocycles. The molecular weight excluding hydrogens is 252 g/mol. The highest BCUT2D eigenvalue weighted by atomic mass is 35.5. The third kappa shape index (κ3) is 2.86. The second-order valence-corrected chi connectivity index (χ2v) is 4.26. The fraction of sp³-hybridized carbons (Fsp3) is 0.417. The zero-order chi connectivity index (χ0) is 13.0. The van der Waals surface area contributed by atoms with Crippen molar-refractivity contribution in [2.45, 2.75) is 26.3 Å². The van der Waals surface area contributed by atoms with Crippen LogP contribution in [0.15, 0.2) is 22.7 Å². The summed E-state index contributed by atoms with van der Waals surface area (Å²) in [5, 5.41) is 11.9. The number of nitrogens with zero attached hydrogens (tertiary/aromatic N) is 3. The number of rotatable bonds is 5. The van der Waals surface area contributed by atoms with Crippen molar-refractivity contribution in [1.82, 2.24) is 20.5 Å². The molecule has 0 aliphatic carbocycles. The summed E-state index contributed by atoms with van der Waals surface area (Å²) in [5.74, 6) is 1.00.